The Labute approximate surface area is 153 Å². The van der Waals surface area contributed by atoms with Crippen LogP contribution in [0.2, 0.25) is 0 Å². The maximum atomic E-state index is 11.9. The van der Waals surface area contributed by atoms with Crippen LogP contribution in [0.5, 0.6) is 11.5 Å². The number of carbonyl (C=O) groups excluding carboxylic acids is 1. The first kappa shape index (κ1) is 16.4. The quantitative estimate of drug-likeness (QED) is 0.501. The lowest BCUT2D eigenvalue weighted by Gasteiger charge is -2.18. The highest BCUT2D eigenvalue weighted by Gasteiger charge is 2.11. The predicted octanol–water partition coefficient (Wildman–Crippen LogP) is 3.93. The number of ether oxygens (including phenoxy) is 3. The monoisotopic (exact) mass is 369 g/mol. The summed E-state index contributed by atoms with van der Waals surface area (Å²) in [6, 6.07) is 9.33. The molecule has 0 atom stereocenters. The van der Waals surface area contributed by atoms with E-state index in [1.165, 1.54) is 23.7 Å². The topological polar surface area (TPSA) is 70.8 Å². The summed E-state index contributed by atoms with van der Waals surface area (Å²) in [5.74, 6) is 1.46. The average Bonchev–Trinajstić information content (AvgIpc) is 3.36. The lowest BCUT2D eigenvalue weighted by Crippen LogP contribution is -2.15. The van der Waals surface area contributed by atoms with E-state index in [0.29, 0.717) is 36.3 Å². The predicted molar refractivity (Wildman–Crippen MR) is 96.1 cm³/mol. The fourth-order valence-corrected chi connectivity index (χ4v) is 3.06. The summed E-state index contributed by atoms with van der Waals surface area (Å²) in [7, 11) is 0. The van der Waals surface area contributed by atoms with Crippen LogP contribution in [0.15, 0.2) is 52.5 Å². The molecule has 6 nitrogen and oxygen atoms in total. The first-order chi connectivity index (χ1) is 12.8. The second-order valence-electron chi connectivity index (χ2n) is 5.47. The van der Waals surface area contributed by atoms with Gasteiger partial charge in [0.2, 0.25) is 5.89 Å². The standard InChI is InChI=1S/C19H15NO5S/c21-18(6-4-13-3-5-15-16(10-13)23-8-7-22-15)24-11-14-12-25-19(20-14)17-2-1-9-26-17/h1-6,9-10,12H,7-8,11H2/b6-4+. The molecule has 3 heterocycles. The van der Waals surface area contributed by atoms with E-state index in [9.17, 15) is 4.79 Å². The van der Waals surface area contributed by atoms with Crippen LogP contribution in [0, 0.1) is 0 Å². The third-order valence-electron chi connectivity index (χ3n) is 3.62. The number of rotatable bonds is 5. The van der Waals surface area contributed by atoms with Gasteiger partial charge in [-0.1, -0.05) is 12.1 Å². The van der Waals surface area contributed by atoms with Crippen molar-refractivity contribution in [3.63, 3.8) is 0 Å². The van der Waals surface area contributed by atoms with E-state index in [0.717, 1.165) is 10.4 Å². The molecular weight excluding hydrogens is 354 g/mol. The van der Waals surface area contributed by atoms with E-state index >= 15 is 0 Å². The Bertz CT molecular complexity index is 929. The zero-order valence-corrected chi connectivity index (χ0v) is 14.5. The molecule has 0 fully saturated rings. The van der Waals surface area contributed by atoms with E-state index in [-0.39, 0.29) is 6.61 Å². The van der Waals surface area contributed by atoms with Crippen LogP contribution in [0.4, 0.5) is 0 Å². The Kier molecular flexibility index (Phi) is 4.70. The minimum Gasteiger partial charge on any atom is -0.486 e. The minimum atomic E-state index is -0.458. The number of oxazole rings is 1. The molecule has 3 aromatic rings. The minimum absolute atomic E-state index is 0.0547. The smallest absolute Gasteiger partial charge is 0.331 e. The Morgan fingerprint density at radius 3 is 2.96 bits per heavy atom. The zero-order chi connectivity index (χ0) is 17.8. The largest absolute Gasteiger partial charge is 0.486 e. The van der Waals surface area contributed by atoms with Crippen molar-refractivity contribution in [3.05, 3.63) is 59.3 Å². The maximum Gasteiger partial charge on any atom is 0.331 e. The number of carbonyl (C=O) groups is 1. The van der Waals surface area contributed by atoms with Crippen molar-refractivity contribution in [2.75, 3.05) is 13.2 Å². The lowest BCUT2D eigenvalue weighted by atomic mass is 10.2. The number of aromatic nitrogens is 1. The second-order valence-corrected chi connectivity index (χ2v) is 6.41. The Morgan fingerprint density at radius 2 is 2.12 bits per heavy atom. The van der Waals surface area contributed by atoms with Gasteiger partial charge in [0.15, 0.2) is 11.5 Å². The van der Waals surface area contributed by atoms with E-state index in [1.807, 2.05) is 35.7 Å². The van der Waals surface area contributed by atoms with Gasteiger partial charge in [0.05, 0.1) is 4.88 Å². The number of thiophene rings is 1. The van der Waals surface area contributed by atoms with Gasteiger partial charge >= 0.3 is 5.97 Å². The summed E-state index contributed by atoms with van der Waals surface area (Å²) in [6.07, 6.45) is 4.53. The number of benzene rings is 1. The molecule has 0 bridgehead atoms. The molecule has 132 valence electrons. The third kappa shape index (κ3) is 3.78. The molecule has 1 aliphatic heterocycles. The first-order valence-electron chi connectivity index (χ1n) is 8.01. The highest BCUT2D eigenvalue weighted by molar-refractivity contribution is 7.13. The van der Waals surface area contributed by atoms with Crippen LogP contribution in [0.1, 0.15) is 11.3 Å². The second kappa shape index (κ2) is 7.45. The summed E-state index contributed by atoms with van der Waals surface area (Å²) >= 11 is 1.53. The first-order valence-corrected chi connectivity index (χ1v) is 8.89. The summed E-state index contributed by atoms with van der Waals surface area (Å²) in [5.41, 5.74) is 1.39. The van der Waals surface area contributed by atoms with Crippen LogP contribution in [-0.2, 0) is 16.1 Å². The molecule has 0 saturated heterocycles. The summed E-state index contributed by atoms with van der Waals surface area (Å²) in [4.78, 5) is 17.1. The number of nitrogens with zero attached hydrogens (tertiary/aromatic N) is 1. The van der Waals surface area contributed by atoms with Crippen LogP contribution >= 0.6 is 11.3 Å². The van der Waals surface area contributed by atoms with Gasteiger partial charge in [0.1, 0.15) is 31.8 Å². The van der Waals surface area contributed by atoms with Crippen molar-refractivity contribution < 1.29 is 23.4 Å². The van der Waals surface area contributed by atoms with Crippen molar-refractivity contribution in [3.8, 4) is 22.3 Å². The lowest BCUT2D eigenvalue weighted by molar-refractivity contribution is -0.139. The van der Waals surface area contributed by atoms with Gasteiger partial charge < -0.3 is 18.6 Å². The highest BCUT2D eigenvalue weighted by Crippen LogP contribution is 2.31. The van der Waals surface area contributed by atoms with Crippen LogP contribution in [0.3, 0.4) is 0 Å². The number of hydrogen-bond acceptors (Lipinski definition) is 7. The SMILES string of the molecule is O=C(/C=C/c1ccc2c(c1)OCCO2)OCc1coc(-c2cccs2)n1. The zero-order valence-electron chi connectivity index (χ0n) is 13.7. The molecule has 26 heavy (non-hydrogen) atoms. The van der Waals surface area contributed by atoms with Crippen molar-refractivity contribution in [1.82, 2.24) is 4.98 Å². The van der Waals surface area contributed by atoms with E-state index in [1.54, 1.807) is 6.08 Å². The van der Waals surface area contributed by atoms with E-state index < -0.39 is 5.97 Å². The van der Waals surface area contributed by atoms with Gasteiger partial charge in [-0.2, -0.15) is 0 Å². The van der Waals surface area contributed by atoms with Crippen molar-refractivity contribution in [1.29, 1.82) is 0 Å². The number of esters is 1. The molecule has 0 spiro atoms. The summed E-state index contributed by atoms with van der Waals surface area (Å²) in [6.45, 7) is 1.12. The van der Waals surface area contributed by atoms with Gasteiger partial charge in [-0.25, -0.2) is 9.78 Å². The van der Waals surface area contributed by atoms with Crippen LogP contribution in [0.25, 0.3) is 16.8 Å². The van der Waals surface area contributed by atoms with Gasteiger partial charge in [0.25, 0.3) is 0 Å². The Hall–Kier alpha value is -3.06. The summed E-state index contributed by atoms with van der Waals surface area (Å²) in [5, 5.41) is 1.95. The van der Waals surface area contributed by atoms with Gasteiger partial charge in [0, 0.05) is 6.08 Å². The van der Waals surface area contributed by atoms with Crippen molar-refractivity contribution >= 4 is 23.4 Å². The van der Waals surface area contributed by atoms with E-state index in [2.05, 4.69) is 4.98 Å². The molecule has 4 rings (SSSR count). The summed E-state index contributed by atoms with van der Waals surface area (Å²) < 4.78 is 21.6. The molecule has 1 aliphatic rings. The highest BCUT2D eigenvalue weighted by atomic mass is 32.1. The van der Waals surface area contributed by atoms with Crippen LogP contribution in [-0.4, -0.2) is 24.2 Å². The molecule has 0 unspecified atom stereocenters. The number of fused-ring (bicyclic) bond motifs is 1. The van der Waals surface area contributed by atoms with Gasteiger partial charge in [-0.05, 0) is 35.2 Å². The fraction of sp³-hybridized carbons (Fsp3) is 0.158. The molecule has 7 heteroatoms. The molecule has 1 aromatic carbocycles. The van der Waals surface area contributed by atoms with Gasteiger partial charge in [-0.3, -0.25) is 0 Å². The van der Waals surface area contributed by atoms with E-state index in [4.69, 9.17) is 18.6 Å². The van der Waals surface area contributed by atoms with Crippen molar-refractivity contribution in [2.24, 2.45) is 0 Å². The average molecular weight is 369 g/mol. The van der Waals surface area contributed by atoms with Crippen LogP contribution < -0.4 is 9.47 Å². The molecule has 0 amide bonds. The molecular formula is C19H15NO5S. The van der Waals surface area contributed by atoms with Gasteiger partial charge in [-0.15, -0.1) is 11.3 Å². The molecule has 2 aromatic heterocycles. The number of hydrogen-bond donors (Lipinski definition) is 0. The molecule has 0 aliphatic carbocycles. The third-order valence-corrected chi connectivity index (χ3v) is 4.48. The molecule has 0 saturated carbocycles. The maximum absolute atomic E-state index is 11.9. The normalized spacial score (nSPS) is 13.1. The van der Waals surface area contributed by atoms with Crippen molar-refractivity contribution in [2.45, 2.75) is 6.61 Å². The molecule has 0 N–H and O–H groups in total. The Morgan fingerprint density at radius 1 is 1.23 bits per heavy atom. The molecule has 0 radical (unpaired) electrons. The Balaban J connectivity index is 1.33. The fourth-order valence-electron chi connectivity index (χ4n) is 2.41.